The van der Waals surface area contributed by atoms with Crippen LogP contribution in [0.25, 0.3) is 23.0 Å². The van der Waals surface area contributed by atoms with Crippen LogP contribution >= 0.6 is 0 Å². The molecule has 2 heterocycles. The van der Waals surface area contributed by atoms with Gasteiger partial charge >= 0.3 is 5.97 Å². The van der Waals surface area contributed by atoms with Crippen molar-refractivity contribution in [3.8, 4) is 23.0 Å². The number of ether oxygens (including phenoxy) is 1. The highest BCUT2D eigenvalue weighted by Crippen LogP contribution is 2.24. The quantitative estimate of drug-likeness (QED) is 0.713. The van der Waals surface area contributed by atoms with Crippen molar-refractivity contribution in [1.29, 1.82) is 0 Å². The van der Waals surface area contributed by atoms with Gasteiger partial charge < -0.3 is 14.9 Å². The number of nitrogen functional groups attached to an aromatic ring is 1. The smallest absolute Gasteiger partial charge is 0.302 e. The van der Waals surface area contributed by atoms with E-state index in [9.17, 15) is 4.79 Å². The Morgan fingerprint density at radius 1 is 1.09 bits per heavy atom. The van der Waals surface area contributed by atoms with Gasteiger partial charge in [0.15, 0.2) is 11.5 Å². The molecule has 0 radical (unpaired) electrons. The largest absolute Gasteiger partial charge is 0.469 e. The fourth-order valence-corrected chi connectivity index (χ4v) is 1.53. The average Bonchev–Trinajstić information content (AvgIpc) is 3.06. The second-order valence-corrected chi connectivity index (χ2v) is 4.26. The van der Waals surface area contributed by atoms with E-state index in [1.165, 1.54) is 26.4 Å². The summed E-state index contributed by atoms with van der Waals surface area (Å²) in [5.74, 6) is 0.709. The molecular weight excluding hydrogens is 298 g/mol. The molecule has 0 spiro atoms. The van der Waals surface area contributed by atoms with Crippen LogP contribution in [0.3, 0.4) is 0 Å². The van der Waals surface area contributed by atoms with Crippen LogP contribution in [0, 0.1) is 0 Å². The van der Waals surface area contributed by atoms with Crippen LogP contribution in [0.4, 0.5) is 5.82 Å². The number of hydrogen-bond acceptors (Lipinski definition) is 8. The van der Waals surface area contributed by atoms with Gasteiger partial charge in [-0.2, -0.15) is 0 Å². The van der Waals surface area contributed by atoms with Crippen molar-refractivity contribution in [2.45, 2.75) is 6.92 Å². The minimum Gasteiger partial charge on any atom is -0.469 e. The molecule has 8 heteroatoms. The summed E-state index contributed by atoms with van der Waals surface area (Å²) in [5.41, 5.74) is 6.94. The molecule has 0 aliphatic rings. The summed E-state index contributed by atoms with van der Waals surface area (Å²) in [4.78, 5) is 17.6. The molecule has 118 valence electrons. The van der Waals surface area contributed by atoms with Gasteiger partial charge in [0.05, 0.1) is 7.11 Å². The summed E-state index contributed by atoms with van der Waals surface area (Å²) in [5, 5.41) is 7.89. The highest BCUT2D eigenvalue weighted by Gasteiger charge is 2.14. The summed E-state index contributed by atoms with van der Waals surface area (Å²) < 4.78 is 9.64. The number of anilines is 1. The van der Waals surface area contributed by atoms with E-state index in [0.717, 1.165) is 5.56 Å². The summed E-state index contributed by atoms with van der Waals surface area (Å²) in [6.07, 6.45) is 3.03. The highest BCUT2D eigenvalue weighted by atomic mass is 16.5. The van der Waals surface area contributed by atoms with E-state index in [-0.39, 0.29) is 17.7 Å². The lowest BCUT2D eigenvalue weighted by Gasteiger charge is -1.96. The third-order valence-corrected chi connectivity index (χ3v) is 2.66. The van der Waals surface area contributed by atoms with Crippen LogP contribution in [0.5, 0.6) is 0 Å². The zero-order chi connectivity index (χ0) is 16.7. The lowest BCUT2D eigenvalue weighted by Crippen LogP contribution is -1.95. The molecule has 3 rings (SSSR count). The lowest BCUT2D eigenvalue weighted by atomic mass is 10.2. The van der Waals surface area contributed by atoms with Crippen LogP contribution in [-0.2, 0) is 9.53 Å². The average molecular weight is 313 g/mol. The van der Waals surface area contributed by atoms with Gasteiger partial charge in [-0.25, -0.2) is 9.97 Å². The van der Waals surface area contributed by atoms with E-state index in [1.807, 2.05) is 30.3 Å². The van der Waals surface area contributed by atoms with Crippen LogP contribution in [0.15, 0.2) is 47.1 Å². The van der Waals surface area contributed by atoms with Crippen molar-refractivity contribution in [2.24, 2.45) is 0 Å². The van der Waals surface area contributed by atoms with E-state index in [4.69, 9.17) is 10.2 Å². The maximum Gasteiger partial charge on any atom is 0.302 e. The van der Waals surface area contributed by atoms with E-state index in [2.05, 4.69) is 24.9 Å². The van der Waals surface area contributed by atoms with Crippen molar-refractivity contribution in [1.82, 2.24) is 20.2 Å². The first kappa shape index (κ1) is 16.1. The maximum absolute atomic E-state index is 9.59. The van der Waals surface area contributed by atoms with Gasteiger partial charge in [0.2, 0.25) is 5.89 Å². The second-order valence-electron chi connectivity index (χ2n) is 4.26. The zero-order valence-corrected chi connectivity index (χ0v) is 12.6. The van der Waals surface area contributed by atoms with Crippen LogP contribution < -0.4 is 5.73 Å². The van der Waals surface area contributed by atoms with Gasteiger partial charge in [0.25, 0.3) is 5.89 Å². The van der Waals surface area contributed by atoms with Gasteiger partial charge in [0, 0.05) is 24.9 Å². The van der Waals surface area contributed by atoms with Gasteiger partial charge in [0.1, 0.15) is 0 Å². The number of esters is 1. The molecule has 0 unspecified atom stereocenters. The lowest BCUT2D eigenvalue weighted by molar-refractivity contribution is -0.137. The van der Waals surface area contributed by atoms with E-state index in [1.54, 1.807) is 0 Å². The molecule has 0 aliphatic heterocycles. The van der Waals surface area contributed by atoms with Crippen LogP contribution in [0.1, 0.15) is 6.92 Å². The minimum absolute atomic E-state index is 0.245. The second kappa shape index (κ2) is 7.64. The minimum atomic E-state index is -0.245. The SMILES string of the molecule is COC(C)=O.Nc1nccnc1-c1nnc(-c2ccccc2)o1. The van der Waals surface area contributed by atoms with Gasteiger partial charge in [-0.1, -0.05) is 18.2 Å². The number of carbonyl (C=O) groups is 1. The van der Waals surface area contributed by atoms with Gasteiger partial charge in [-0.15, -0.1) is 10.2 Å². The molecule has 0 bridgehead atoms. The summed E-state index contributed by atoms with van der Waals surface area (Å²) in [6.45, 7) is 1.36. The highest BCUT2D eigenvalue weighted by molar-refractivity contribution is 5.65. The van der Waals surface area contributed by atoms with Crippen molar-refractivity contribution in [3.05, 3.63) is 42.7 Å². The van der Waals surface area contributed by atoms with Gasteiger partial charge in [-0.05, 0) is 12.1 Å². The molecule has 0 atom stereocenters. The first-order valence-electron chi connectivity index (χ1n) is 6.62. The molecule has 2 aromatic heterocycles. The summed E-state index contributed by atoms with van der Waals surface area (Å²) >= 11 is 0. The normalized spacial score (nSPS) is 9.65. The number of carbonyl (C=O) groups excluding carboxylic acids is 1. The monoisotopic (exact) mass is 313 g/mol. The number of methoxy groups -OCH3 is 1. The predicted octanol–water partition coefficient (Wildman–Crippen LogP) is 1.96. The fourth-order valence-electron chi connectivity index (χ4n) is 1.53. The third-order valence-electron chi connectivity index (χ3n) is 2.66. The number of nitrogens with two attached hydrogens (primary N) is 1. The third kappa shape index (κ3) is 4.34. The van der Waals surface area contributed by atoms with Crippen molar-refractivity contribution in [3.63, 3.8) is 0 Å². The molecule has 0 fully saturated rings. The number of nitrogens with zero attached hydrogens (tertiary/aromatic N) is 4. The van der Waals surface area contributed by atoms with E-state index in [0.29, 0.717) is 11.6 Å². The molecule has 0 amide bonds. The van der Waals surface area contributed by atoms with Crippen LogP contribution in [-0.4, -0.2) is 33.2 Å². The first-order chi connectivity index (χ1) is 11.1. The summed E-state index contributed by atoms with van der Waals surface area (Å²) in [7, 11) is 1.35. The molecule has 0 saturated heterocycles. The Bertz CT molecular complexity index is 774. The maximum atomic E-state index is 9.59. The predicted molar refractivity (Wildman–Crippen MR) is 82.9 cm³/mol. The molecule has 1 aromatic carbocycles. The van der Waals surface area contributed by atoms with Crippen molar-refractivity contribution >= 4 is 11.8 Å². The first-order valence-corrected chi connectivity index (χ1v) is 6.62. The zero-order valence-electron chi connectivity index (χ0n) is 12.6. The number of benzene rings is 1. The number of rotatable bonds is 2. The standard InChI is InChI=1S/C12H9N5O.C3H6O2/c13-10-9(14-6-7-15-10)12-17-16-11(18-12)8-4-2-1-3-5-8;1-3(4)5-2/h1-7H,(H2,13,15);1-2H3. The van der Waals surface area contributed by atoms with Crippen molar-refractivity contribution < 1.29 is 13.9 Å². The Morgan fingerprint density at radius 2 is 1.70 bits per heavy atom. The Morgan fingerprint density at radius 3 is 2.30 bits per heavy atom. The van der Waals surface area contributed by atoms with Crippen molar-refractivity contribution in [2.75, 3.05) is 12.8 Å². The molecule has 23 heavy (non-hydrogen) atoms. The number of hydrogen-bond donors (Lipinski definition) is 1. The Kier molecular flexibility index (Phi) is 5.35. The van der Waals surface area contributed by atoms with E-state index >= 15 is 0 Å². The molecule has 2 N–H and O–H groups in total. The fraction of sp³-hybridized carbons (Fsp3) is 0.133. The Hall–Kier alpha value is -3.29. The Labute approximate surface area is 132 Å². The van der Waals surface area contributed by atoms with Gasteiger partial charge in [-0.3, -0.25) is 4.79 Å². The molecular formula is C15H15N5O3. The summed E-state index contributed by atoms with van der Waals surface area (Å²) in [6, 6.07) is 9.49. The van der Waals surface area contributed by atoms with E-state index < -0.39 is 0 Å². The molecule has 0 aliphatic carbocycles. The van der Waals surface area contributed by atoms with Crippen LogP contribution in [0.2, 0.25) is 0 Å². The Balaban J connectivity index is 0.000000338. The number of aromatic nitrogens is 4. The molecule has 8 nitrogen and oxygen atoms in total. The molecule has 3 aromatic rings. The molecule has 0 saturated carbocycles. The topological polar surface area (TPSA) is 117 Å².